The van der Waals surface area contributed by atoms with Crippen LogP contribution in [0.1, 0.15) is 18.9 Å². The van der Waals surface area contributed by atoms with E-state index in [1.54, 1.807) is 16.7 Å². The van der Waals surface area contributed by atoms with Gasteiger partial charge in [0.15, 0.2) is 0 Å². The van der Waals surface area contributed by atoms with Gasteiger partial charge in [0, 0.05) is 49.2 Å². The Kier molecular flexibility index (Phi) is 4.75. The first kappa shape index (κ1) is 21.0. The third-order valence-electron chi connectivity index (χ3n) is 7.41. The van der Waals surface area contributed by atoms with Gasteiger partial charge in [-0.1, -0.05) is 0 Å². The molecule has 4 atom stereocenters. The quantitative estimate of drug-likeness (QED) is 0.655. The highest BCUT2D eigenvalue weighted by molar-refractivity contribution is 7.88. The molecule has 0 radical (unpaired) electrons. The molecule has 11 nitrogen and oxygen atoms in total. The summed E-state index contributed by atoms with van der Waals surface area (Å²) in [4.78, 5) is 22.9. The summed E-state index contributed by atoms with van der Waals surface area (Å²) in [5.74, 6) is 2.12. The van der Waals surface area contributed by atoms with Gasteiger partial charge in [-0.05, 0) is 25.7 Å². The Morgan fingerprint density at radius 1 is 1.15 bits per heavy atom. The average Bonchev–Trinajstić information content (AvgIpc) is 3.48. The lowest BCUT2D eigenvalue weighted by molar-refractivity contribution is 0.0981. The molecule has 1 aliphatic carbocycles. The topological polar surface area (TPSA) is 131 Å². The summed E-state index contributed by atoms with van der Waals surface area (Å²) in [7, 11) is -3.21. The molecule has 7 rings (SSSR count). The van der Waals surface area contributed by atoms with E-state index in [0.29, 0.717) is 38.2 Å². The van der Waals surface area contributed by atoms with Gasteiger partial charge < -0.3 is 20.3 Å². The maximum Gasteiger partial charge on any atom is 0.228 e. The SMILES string of the molecule is C[C@H]1COCCN1c1nc(-c2cnc(N)nc2)c2c(n1)N([C@@H]1[C@@H]3C[C@H]1N(S(C)(=O)=O)C3)CC2. The van der Waals surface area contributed by atoms with Crippen molar-refractivity contribution < 1.29 is 13.2 Å². The second-order valence-electron chi connectivity index (χ2n) is 9.45. The van der Waals surface area contributed by atoms with Crippen molar-refractivity contribution in [2.45, 2.75) is 37.9 Å². The van der Waals surface area contributed by atoms with E-state index in [4.69, 9.17) is 20.4 Å². The summed E-state index contributed by atoms with van der Waals surface area (Å²) < 4.78 is 31.8. The number of hydrogen-bond donors (Lipinski definition) is 1. The van der Waals surface area contributed by atoms with E-state index < -0.39 is 10.0 Å². The maximum atomic E-state index is 12.3. The van der Waals surface area contributed by atoms with Crippen LogP contribution in [-0.4, -0.2) is 89.9 Å². The molecule has 4 fully saturated rings. The molecule has 33 heavy (non-hydrogen) atoms. The van der Waals surface area contributed by atoms with Crippen LogP contribution < -0.4 is 15.5 Å². The standard InChI is InChI=1S/C21H28N8O3S/c1-12-11-32-6-5-27(12)21-25-17(14-8-23-20(22)24-9-14)15-3-4-28(19(15)26-21)18-13-7-16(18)29(10-13)33(2,30)31/h8-9,12-13,16,18H,3-7,10-11H2,1-2H3,(H2,22,23,24)/t12-,13+,16+,18+/m0/s1. The number of nitrogen functional groups attached to an aromatic ring is 1. The van der Waals surface area contributed by atoms with E-state index >= 15 is 0 Å². The predicted molar refractivity (Wildman–Crippen MR) is 123 cm³/mol. The minimum atomic E-state index is -3.21. The summed E-state index contributed by atoms with van der Waals surface area (Å²) in [6.07, 6.45) is 6.43. The van der Waals surface area contributed by atoms with Crippen molar-refractivity contribution in [1.29, 1.82) is 0 Å². The molecule has 0 aromatic carbocycles. The van der Waals surface area contributed by atoms with E-state index in [-0.39, 0.29) is 24.1 Å². The van der Waals surface area contributed by atoms with Crippen LogP contribution in [-0.2, 0) is 21.2 Å². The Hall–Kier alpha value is -2.57. The van der Waals surface area contributed by atoms with Crippen molar-refractivity contribution in [3.8, 4) is 11.3 Å². The first-order valence-electron chi connectivity index (χ1n) is 11.4. The van der Waals surface area contributed by atoms with Crippen LogP contribution in [0.2, 0.25) is 0 Å². The molecule has 0 unspecified atom stereocenters. The van der Waals surface area contributed by atoms with Crippen molar-refractivity contribution in [1.82, 2.24) is 24.2 Å². The zero-order valence-corrected chi connectivity index (χ0v) is 19.6. The molecule has 3 saturated heterocycles. The second-order valence-corrected chi connectivity index (χ2v) is 11.4. The number of hydrogen-bond acceptors (Lipinski definition) is 10. The summed E-state index contributed by atoms with van der Waals surface area (Å²) in [5, 5.41) is 0. The Labute approximate surface area is 193 Å². The van der Waals surface area contributed by atoms with Crippen LogP contribution >= 0.6 is 0 Å². The van der Waals surface area contributed by atoms with E-state index in [0.717, 1.165) is 42.0 Å². The fraction of sp³-hybridized carbons (Fsp3) is 0.619. The van der Waals surface area contributed by atoms with Crippen molar-refractivity contribution in [2.75, 3.05) is 54.6 Å². The van der Waals surface area contributed by atoms with Crippen LogP contribution in [0, 0.1) is 5.92 Å². The third kappa shape index (κ3) is 3.34. The average molecular weight is 473 g/mol. The molecule has 2 N–H and O–H groups in total. The summed E-state index contributed by atoms with van der Waals surface area (Å²) in [6, 6.07) is 0.323. The van der Waals surface area contributed by atoms with E-state index in [1.165, 1.54) is 6.26 Å². The first-order valence-corrected chi connectivity index (χ1v) is 13.2. The largest absolute Gasteiger partial charge is 0.377 e. The summed E-state index contributed by atoms with van der Waals surface area (Å²) in [5.41, 5.74) is 8.41. The van der Waals surface area contributed by atoms with Gasteiger partial charge >= 0.3 is 0 Å². The predicted octanol–water partition coefficient (Wildman–Crippen LogP) is 0.136. The fourth-order valence-corrected chi connectivity index (χ4v) is 6.96. The number of morpholine rings is 1. The van der Waals surface area contributed by atoms with E-state index in [2.05, 4.69) is 26.7 Å². The van der Waals surface area contributed by atoms with Gasteiger partial charge in [-0.2, -0.15) is 9.29 Å². The molecule has 12 heteroatoms. The normalized spacial score (nSPS) is 29.3. The molecule has 4 aliphatic heterocycles. The highest BCUT2D eigenvalue weighted by Gasteiger charge is 2.58. The molecule has 6 heterocycles. The number of nitrogens with zero attached hydrogens (tertiary/aromatic N) is 7. The number of rotatable bonds is 4. The molecule has 5 aliphatic rings. The zero-order chi connectivity index (χ0) is 22.9. The van der Waals surface area contributed by atoms with Gasteiger partial charge in [0.2, 0.25) is 21.9 Å². The molecule has 0 spiro atoms. The molecule has 2 aromatic rings. The number of fused-ring (bicyclic) bond motifs is 2. The fourth-order valence-electron chi connectivity index (χ4n) is 5.80. The van der Waals surface area contributed by atoms with Gasteiger partial charge in [0.1, 0.15) is 5.82 Å². The van der Waals surface area contributed by atoms with Crippen LogP contribution in [0.5, 0.6) is 0 Å². The van der Waals surface area contributed by atoms with Gasteiger partial charge in [0.05, 0.1) is 37.2 Å². The molecule has 2 aromatic heterocycles. The number of ether oxygens (including phenoxy) is 1. The van der Waals surface area contributed by atoms with Gasteiger partial charge in [-0.15, -0.1) is 0 Å². The van der Waals surface area contributed by atoms with Crippen molar-refractivity contribution in [3.05, 3.63) is 18.0 Å². The van der Waals surface area contributed by atoms with Crippen molar-refractivity contribution in [3.63, 3.8) is 0 Å². The molecule has 1 saturated carbocycles. The lowest BCUT2D eigenvalue weighted by Gasteiger charge is -2.43. The monoisotopic (exact) mass is 472 g/mol. The number of sulfonamides is 1. The highest BCUT2D eigenvalue weighted by Crippen LogP contribution is 2.49. The third-order valence-corrected chi connectivity index (χ3v) is 8.68. The second kappa shape index (κ2) is 7.47. The lowest BCUT2D eigenvalue weighted by atomic mass is 9.79. The van der Waals surface area contributed by atoms with Gasteiger partial charge in [0.25, 0.3) is 0 Å². The Balaban J connectivity index is 1.43. The van der Waals surface area contributed by atoms with Crippen LogP contribution in [0.4, 0.5) is 17.7 Å². The summed E-state index contributed by atoms with van der Waals surface area (Å²) in [6.45, 7) is 5.47. The van der Waals surface area contributed by atoms with Crippen LogP contribution in [0.15, 0.2) is 12.4 Å². The molecule has 0 amide bonds. The van der Waals surface area contributed by atoms with Gasteiger partial charge in [-0.3, -0.25) is 0 Å². The van der Waals surface area contributed by atoms with E-state index in [9.17, 15) is 8.42 Å². The zero-order valence-electron chi connectivity index (χ0n) is 18.8. The Morgan fingerprint density at radius 2 is 1.94 bits per heavy atom. The summed E-state index contributed by atoms with van der Waals surface area (Å²) >= 11 is 0. The van der Waals surface area contributed by atoms with Crippen LogP contribution in [0.25, 0.3) is 11.3 Å². The number of nitrogens with two attached hydrogens (primary N) is 1. The Bertz CT molecular complexity index is 1190. The number of anilines is 3. The molecular weight excluding hydrogens is 444 g/mol. The first-order chi connectivity index (χ1) is 15.8. The van der Waals surface area contributed by atoms with Crippen molar-refractivity contribution >= 4 is 27.7 Å². The molecule has 2 bridgehead atoms. The molecule has 176 valence electrons. The number of aromatic nitrogens is 4. The van der Waals surface area contributed by atoms with Gasteiger partial charge in [-0.25, -0.2) is 23.4 Å². The lowest BCUT2D eigenvalue weighted by Crippen LogP contribution is -2.55. The van der Waals surface area contributed by atoms with Crippen LogP contribution in [0.3, 0.4) is 0 Å². The minimum absolute atomic E-state index is 0.0139. The van der Waals surface area contributed by atoms with E-state index in [1.807, 2.05) is 0 Å². The molecular formula is C21H28N8O3S. The highest BCUT2D eigenvalue weighted by atomic mass is 32.2. The van der Waals surface area contributed by atoms with Crippen molar-refractivity contribution in [2.24, 2.45) is 5.92 Å². The maximum absolute atomic E-state index is 12.3. The Morgan fingerprint density at radius 3 is 2.64 bits per heavy atom. The smallest absolute Gasteiger partial charge is 0.228 e. The minimum Gasteiger partial charge on any atom is -0.377 e.